The van der Waals surface area contributed by atoms with Crippen LogP contribution in [0, 0.1) is 0 Å². The number of hydrogen-bond donors (Lipinski definition) is 0. The number of rotatable bonds is 6. The van der Waals surface area contributed by atoms with Crippen molar-refractivity contribution in [2.75, 3.05) is 52.4 Å². The Labute approximate surface area is 210 Å². The van der Waals surface area contributed by atoms with E-state index in [1.807, 2.05) is 65.6 Å². The first-order valence-corrected chi connectivity index (χ1v) is 11.8. The van der Waals surface area contributed by atoms with E-state index in [2.05, 4.69) is 21.2 Å². The molecule has 5 rings (SSSR count). The first-order valence-electron chi connectivity index (χ1n) is 11.8. The molecule has 8 heteroatoms. The van der Waals surface area contributed by atoms with Crippen molar-refractivity contribution >= 4 is 22.5 Å². The maximum absolute atomic E-state index is 13.1. The van der Waals surface area contributed by atoms with Crippen LogP contribution in [0.3, 0.4) is 0 Å². The number of methoxy groups -OCH3 is 3. The van der Waals surface area contributed by atoms with Gasteiger partial charge in [0.25, 0.3) is 5.91 Å². The lowest BCUT2D eigenvalue weighted by molar-refractivity contribution is 0.0746. The monoisotopic (exact) mass is 484 g/mol. The van der Waals surface area contributed by atoms with E-state index in [0.29, 0.717) is 49.1 Å². The highest BCUT2D eigenvalue weighted by Gasteiger charge is 2.23. The number of ether oxygens (including phenoxy) is 3. The summed E-state index contributed by atoms with van der Waals surface area (Å²) < 4.78 is 16.3. The van der Waals surface area contributed by atoms with E-state index in [9.17, 15) is 4.79 Å². The normalized spacial score (nSPS) is 13.5. The van der Waals surface area contributed by atoms with Gasteiger partial charge in [0, 0.05) is 37.3 Å². The van der Waals surface area contributed by atoms with Crippen LogP contribution in [0.1, 0.15) is 10.4 Å². The summed E-state index contributed by atoms with van der Waals surface area (Å²) >= 11 is 0. The second-order valence-electron chi connectivity index (χ2n) is 8.53. The molecule has 1 amide bonds. The van der Waals surface area contributed by atoms with Gasteiger partial charge < -0.3 is 24.0 Å². The Balaban J connectivity index is 1.26. The summed E-state index contributed by atoms with van der Waals surface area (Å²) in [4.78, 5) is 17.1. The summed E-state index contributed by atoms with van der Waals surface area (Å²) in [5.74, 6) is 2.49. The maximum atomic E-state index is 13.1. The molecule has 1 fully saturated rings. The van der Waals surface area contributed by atoms with Gasteiger partial charge in [-0.1, -0.05) is 30.3 Å². The molecule has 8 nitrogen and oxygen atoms in total. The van der Waals surface area contributed by atoms with Crippen LogP contribution in [-0.2, 0) is 0 Å². The van der Waals surface area contributed by atoms with Crippen molar-refractivity contribution in [1.82, 2.24) is 15.1 Å². The fourth-order valence-corrected chi connectivity index (χ4v) is 4.52. The molecule has 184 valence electrons. The van der Waals surface area contributed by atoms with Gasteiger partial charge in [0.15, 0.2) is 17.3 Å². The largest absolute Gasteiger partial charge is 0.493 e. The molecule has 0 radical (unpaired) electrons. The van der Waals surface area contributed by atoms with Crippen LogP contribution in [0.2, 0.25) is 0 Å². The molecule has 1 aliphatic rings. The van der Waals surface area contributed by atoms with E-state index in [1.165, 1.54) is 0 Å². The highest BCUT2D eigenvalue weighted by atomic mass is 16.5. The smallest absolute Gasteiger partial charge is 0.253 e. The second kappa shape index (κ2) is 10.1. The molecule has 1 aromatic heterocycles. The summed E-state index contributed by atoms with van der Waals surface area (Å²) in [5, 5.41) is 11.1. The van der Waals surface area contributed by atoms with Crippen LogP contribution in [0.15, 0.2) is 66.7 Å². The van der Waals surface area contributed by atoms with Gasteiger partial charge in [-0.3, -0.25) is 4.79 Å². The zero-order valence-electron chi connectivity index (χ0n) is 20.6. The number of fused-ring (bicyclic) bond motifs is 1. The number of nitrogens with zero attached hydrogens (tertiary/aromatic N) is 4. The number of hydrogen-bond acceptors (Lipinski definition) is 7. The second-order valence-corrected chi connectivity index (χ2v) is 8.53. The van der Waals surface area contributed by atoms with Crippen molar-refractivity contribution in [3.05, 3.63) is 72.3 Å². The summed E-state index contributed by atoms with van der Waals surface area (Å²) in [6.45, 7) is 2.64. The Hall–Kier alpha value is -4.33. The minimum Gasteiger partial charge on any atom is -0.493 e. The zero-order chi connectivity index (χ0) is 25.1. The highest BCUT2D eigenvalue weighted by Crippen LogP contribution is 2.40. The van der Waals surface area contributed by atoms with E-state index in [1.54, 1.807) is 21.3 Å². The van der Waals surface area contributed by atoms with Gasteiger partial charge in [0.05, 0.1) is 27.0 Å². The third-order valence-corrected chi connectivity index (χ3v) is 6.50. The van der Waals surface area contributed by atoms with Crippen LogP contribution in [-0.4, -0.2) is 68.5 Å². The number of carbonyl (C=O) groups excluding carboxylic acids is 1. The van der Waals surface area contributed by atoms with E-state index < -0.39 is 0 Å². The summed E-state index contributed by atoms with van der Waals surface area (Å²) in [6, 6.07) is 21.5. The Morgan fingerprint density at radius 1 is 0.750 bits per heavy atom. The minimum absolute atomic E-state index is 0.0595. The molecule has 0 bridgehead atoms. The number of piperazine rings is 1. The molecule has 4 aromatic rings. The quantitative estimate of drug-likeness (QED) is 0.404. The number of carbonyl (C=O) groups is 1. The van der Waals surface area contributed by atoms with Gasteiger partial charge >= 0.3 is 0 Å². The van der Waals surface area contributed by atoms with E-state index in [4.69, 9.17) is 14.2 Å². The van der Waals surface area contributed by atoms with Gasteiger partial charge in [-0.25, -0.2) is 0 Å². The van der Waals surface area contributed by atoms with Gasteiger partial charge in [-0.05, 0) is 47.2 Å². The Kier molecular flexibility index (Phi) is 6.58. The van der Waals surface area contributed by atoms with Crippen LogP contribution < -0.4 is 19.1 Å². The third-order valence-electron chi connectivity index (χ3n) is 6.50. The fraction of sp³-hybridized carbons (Fsp3) is 0.250. The van der Waals surface area contributed by atoms with Crippen molar-refractivity contribution in [2.45, 2.75) is 0 Å². The fourth-order valence-electron chi connectivity index (χ4n) is 4.52. The highest BCUT2D eigenvalue weighted by molar-refractivity contribution is 5.98. The number of anilines is 1. The molecule has 0 N–H and O–H groups in total. The van der Waals surface area contributed by atoms with Gasteiger partial charge in [0.1, 0.15) is 0 Å². The van der Waals surface area contributed by atoms with Gasteiger partial charge in [-0.15, -0.1) is 10.2 Å². The predicted octanol–water partition coefficient (Wildman–Crippen LogP) is 4.29. The van der Waals surface area contributed by atoms with Crippen molar-refractivity contribution in [1.29, 1.82) is 0 Å². The molecule has 0 spiro atoms. The van der Waals surface area contributed by atoms with Crippen LogP contribution in [0.4, 0.5) is 5.82 Å². The van der Waals surface area contributed by atoms with Crippen molar-refractivity contribution in [2.24, 2.45) is 0 Å². The van der Waals surface area contributed by atoms with Crippen molar-refractivity contribution in [3.63, 3.8) is 0 Å². The molecule has 0 unspecified atom stereocenters. The summed E-state index contributed by atoms with van der Waals surface area (Å²) in [6.07, 6.45) is 0. The third kappa shape index (κ3) is 4.49. The maximum Gasteiger partial charge on any atom is 0.253 e. The molecular weight excluding hydrogens is 456 g/mol. The molecule has 0 atom stereocenters. The standard InChI is InChI=1S/C28H28N4O4/c1-34-24-17-22(18-25(35-2)27(24)36-3)23-10-11-26(30-29-23)31-12-14-32(15-13-31)28(33)21-9-8-19-6-4-5-7-20(19)16-21/h4-11,16-18H,12-15H2,1-3H3. The summed E-state index contributed by atoms with van der Waals surface area (Å²) in [7, 11) is 4.74. The van der Waals surface area contributed by atoms with Crippen molar-refractivity contribution < 1.29 is 19.0 Å². The average Bonchev–Trinajstić information content (AvgIpc) is 2.95. The number of amides is 1. The minimum atomic E-state index is 0.0595. The molecule has 36 heavy (non-hydrogen) atoms. The van der Waals surface area contributed by atoms with Crippen LogP contribution >= 0.6 is 0 Å². The lowest BCUT2D eigenvalue weighted by Gasteiger charge is -2.35. The number of aromatic nitrogens is 2. The Morgan fingerprint density at radius 3 is 2.06 bits per heavy atom. The van der Waals surface area contributed by atoms with Crippen LogP contribution in [0.5, 0.6) is 17.2 Å². The molecule has 1 aliphatic heterocycles. The Bertz CT molecular complexity index is 1360. The van der Waals surface area contributed by atoms with Gasteiger partial charge in [0.2, 0.25) is 5.75 Å². The first kappa shape index (κ1) is 23.4. The number of benzene rings is 3. The molecule has 0 saturated carbocycles. The average molecular weight is 485 g/mol. The molecule has 0 aliphatic carbocycles. The Morgan fingerprint density at radius 2 is 1.44 bits per heavy atom. The SMILES string of the molecule is COc1cc(-c2ccc(N3CCN(C(=O)c4ccc5ccccc5c4)CC3)nn2)cc(OC)c1OC. The molecular formula is C28H28N4O4. The lowest BCUT2D eigenvalue weighted by atomic mass is 10.1. The van der Waals surface area contributed by atoms with Gasteiger partial charge in [-0.2, -0.15) is 0 Å². The predicted molar refractivity (Wildman–Crippen MR) is 139 cm³/mol. The zero-order valence-corrected chi connectivity index (χ0v) is 20.6. The van der Waals surface area contributed by atoms with E-state index >= 15 is 0 Å². The van der Waals surface area contributed by atoms with E-state index in [0.717, 1.165) is 27.7 Å². The molecule has 3 aromatic carbocycles. The topological polar surface area (TPSA) is 77.0 Å². The molecule has 2 heterocycles. The van der Waals surface area contributed by atoms with E-state index in [-0.39, 0.29) is 5.91 Å². The van der Waals surface area contributed by atoms with Crippen LogP contribution in [0.25, 0.3) is 22.0 Å². The molecule has 1 saturated heterocycles. The van der Waals surface area contributed by atoms with Crippen molar-refractivity contribution in [3.8, 4) is 28.5 Å². The first-order chi connectivity index (χ1) is 17.6. The lowest BCUT2D eigenvalue weighted by Crippen LogP contribution is -2.49. The summed E-state index contributed by atoms with van der Waals surface area (Å²) in [5.41, 5.74) is 2.23.